The molecule has 1 aliphatic rings. The Kier molecular flexibility index (Phi) is 5.90. The number of carboxylic acids is 1. The van der Waals surface area contributed by atoms with Crippen LogP contribution in [0.3, 0.4) is 0 Å². The summed E-state index contributed by atoms with van der Waals surface area (Å²) in [6, 6.07) is 13.4. The van der Waals surface area contributed by atoms with Gasteiger partial charge in [-0.1, -0.05) is 42.5 Å². The molecule has 0 unspecified atom stereocenters. The van der Waals surface area contributed by atoms with Crippen molar-refractivity contribution in [3.63, 3.8) is 0 Å². The standard InChI is InChI=1S/C20H16N2O5S/c1-12(23)21-20-22-18(24)17(28-20)10-15-4-2-3-5-16(15)27-11-13-6-8-14(9-7-13)19(25)26/h2-10H,11H2,1H3,(H,25,26)(H,21,22,23,24)/p-1/b17-10+. The second-order valence-electron chi connectivity index (χ2n) is 5.82. The highest BCUT2D eigenvalue weighted by atomic mass is 32.2. The van der Waals surface area contributed by atoms with Gasteiger partial charge in [-0.05, 0) is 35.0 Å². The number of amidine groups is 1. The van der Waals surface area contributed by atoms with E-state index in [1.807, 2.05) is 6.07 Å². The summed E-state index contributed by atoms with van der Waals surface area (Å²) in [6.07, 6.45) is 1.65. The molecule has 1 N–H and O–H groups in total. The van der Waals surface area contributed by atoms with Gasteiger partial charge in [0.05, 0.1) is 10.9 Å². The molecular weight excluding hydrogens is 380 g/mol. The van der Waals surface area contributed by atoms with E-state index in [1.165, 1.54) is 19.1 Å². The van der Waals surface area contributed by atoms with Crippen molar-refractivity contribution < 1.29 is 24.2 Å². The lowest BCUT2D eigenvalue weighted by Gasteiger charge is -2.10. The van der Waals surface area contributed by atoms with Crippen molar-refractivity contribution in [1.82, 2.24) is 5.32 Å². The van der Waals surface area contributed by atoms with Gasteiger partial charge in [0.1, 0.15) is 12.4 Å². The number of aromatic carboxylic acids is 1. The molecule has 28 heavy (non-hydrogen) atoms. The number of nitrogens with zero attached hydrogens (tertiary/aromatic N) is 1. The van der Waals surface area contributed by atoms with Crippen molar-refractivity contribution in [1.29, 1.82) is 0 Å². The minimum Gasteiger partial charge on any atom is -0.545 e. The van der Waals surface area contributed by atoms with Gasteiger partial charge in [0.25, 0.3) is 5.91 Å². The number of ether oxygens (including phenoxy) is 1. The average molecular weight is 395 g/mol. The number of rotatable bonds is 5. The topological polar surface area (TPSA) is 108 Å². The predicted octanol–water partition coefficient (Wildman–Crippen LogP) is 1.74. The van der Waals surface area contributed by atoms with E-state index in [0.717, 1.165) is 17.3 Å². The summed E-state index contributed by atoms with van der Waals surface area (Å²) < 4.78 is 5.83. The summed E-state index contributed by atoms with van der Waals surface area (Å²) in [5.41, 5.74) is 1.57. The van der Waals surface area contributed by atoms with Crippen LogP contribution < -0.4 is 15.2 Å². The van der Waals surface area contributed by atoms with E-state index in [9.17, 15) is 19.5 Å². The summed E-state index contributed by atoms with van der Waals surface area (Å²) in [5.74, 6) is -1.40. The molecule has 1 heterocycles. The van der Waals surface area contributed by atoms with Gasteiger partial charge in [0.15, 0.2) is 5.17 Å². The van der Waals surface area contributed by atoms with Crippen LogP contribution in [0.4, 0.5) is 0 Å². The first kappa shape index (κ1) is 19.4. The van der Waals surface area contributed by atoms with Gasteiger partial charge >= 0.3 is 0 Å². The van der Waals surface area contributed by atoms with Crippen LogP contribution in [0.25, 0.3) is 6.08 Å². The quantitative estimate of drug-likeness (QED) is 0.773. The van der Waals surface area contributed by atoms with Crippen molar-refractivity contribution in [3.05, 3.63) is 70.1 Å². The van der Waals surface area contributed by atoms with Crippen molar-refractivity contribution in [2.45, 2.75) is 13.5 Å². The monoisotopic (exact) mass is 395 g/mol. The molecule has 142 valence electrons. The molecule has 0 saturated heterocycles. The lowest BCUT2D eigenvalue weighted by atomic mass is 10.1. The summed E-state index contributed by atoms with van der Waals surface area (Å²) >= 11 is 1.08. The molecule has 2 aromatic rings. The Morgan fingerprint density at radius 2 is 1.89 bits per heavy atom. The highest BCUT2D eigenvalue weighted by Gasteiger charge is 2.22. The van der Waals surface area contributed by atoms with Crippen LogP contribution in [0, 0.1) is 0 Å². The molecule has 0 aliphatic carbocycles. The first-order valence-corrected chi connectivity index (χ1v) is 9.06. The number of hydrogen-bond donors (Lipinski definition) is 1. The van der Waals surface area contributed by atoms with Crippen LogP contribution in [0.5, 0.6) is 5.75 Å². The number of thioether (sulfide) groups is 1. The number of amides is 2. The molecule has 1 aliphatic heterocycles. The molecule has 2 aromatic carbocycles. The highest BCUT2D eigenvalue weighted by Crippen LogP contribution is 2.30. The zero-order chi connectivity index (χ0) is 20.1. The number of para-hydroxylation sites is 1. The first-order valence-electron chi connectivity index (χ1n) is 8.24. The smallest absolute Gasteiger partial charge is 0.286 e. The van der Waals surface area contributed by atoms with Crippen molar-refractivity contribution >= 4 is 40.8 Å². The zero-order valence-electron chi connectivity index (χ0n) is 14.8. The van der Waals surface area contributed by atoms with Gasteiger partial charge in [0.2, 0.25) is 5.91 Å². The van der Waals surface area contributed by atoms with Crippen LogP contribution in [0.2, 0.25) is 0 Å². The Hall–Kier alpha value is -3.39. The van der Waals surface area contributed by atoms with E-state index in [4.69, 9.17) is 4.74 Å². The second kappa shape index (κ2) is 8.53. The summed E-state index contributed by atoms with van der Waals surface area (Å²) in [7, 11) is 0. The normalized spacial score (nSPS) is 14.7. The van der Waals surface area contributed by atoms with Crippen LogP contribution in [-0.2, 0) is 16.2 Å². The Bertz CT molecular complexity index is 996. The first-order chi connectivity index (χ1) is 13.4. The maximum absolute atomic E-state index is 12.0. The third-order valence-electron chi connectivity index (χ3n) is 3.69. The molecule has 7 nitrogen and oxygen atoms in total. The third kappa shape index (κ3) is 4.86. The van der Waals surface area contributed by atoms with Crippen molar-refractivity contribution in [3.8, 4) is 5.75 Å². The van der Waals surface area contributed by atoms with Gasteiger partial charge in [-0.3, -0.25) is 9.59 Å². The number of nitrogens with one attached hydrogen (secondary N) is 1. The lowest BCUT2D eigenvalue weighted by molar-refractivity contribution is -0.255. The number of benzene rings is 2. The predicted molar refractivity (Wildman–Crippen MR) is 103 cm³/mol. The van der Waals surface area contributed by atoms with Crippen molar-refractivity contribution in [2.75, 3.05) is 0 Å². The molecule has 0 atom stereocenters. The summed E-state index contributed by atoms with van der Waals surface area (Å²) in [4.78, 5) is 38.1. The zero-order valence-corrected chi connectivity index (χ0v) is 15.6. The molecule has 8 heteroatoms. The Balaban J connectivity index is 1.72. The SMILES string of the molecule is CC(=O)NC1=NC(=O)/C(=C\c2ccccc2OCc2ccc(C(=O)[O-])cc2)S1. The van der Waals surface area contributed by atoms with E-state index in [0.29, 0.717) is 16.2 Å². The van der Waals surface area contributed by atoms with Gasteiger partial charge in [0, 0.05) is 12.5 Å². The maximum Gasteiger partial charge on any atom is 0.286 e. The Morgan fingerprint density at radius 3 is 2.57 bits per heavy atom. The maximum atomic E-state index is 12.0. The van der Waals surface area contributed by atoms with Crippen molar-refractivity contribution in [2.24, 2.45) is 4.99 Å². The molecule has 0 fully saturated rings. The van der Waals surface area contributed by atoms with E-state index in [2.05, 4.69) is 10.3 Å². The molecular formula is C20H15N2O5S-. The minimum atomic E-state index is -1.23. The number of aliphatic imine (C=N–C) groups is 1. The minimum absolute atomic E-state index is 0.0978. The molecule has 0 spiro atoms. The average Bonchev–Trinajstić information content (AvgIpc) is 2.99. The fraction of sp³-hybridized carbons (Fsp3) is 0.100. The summed E-state index contributed by atoms with van der Waals surface area (Å²) in [6.45, 7) is 1.57. The number of hydrogen-bond acceptors (Lipinski definition) is 6. The van der Waals surface area contributed by atoms with E-state index >= 15 is 0 Å². The second-order valence-corrected chi connectivity index (χ2v) is 6.86. The number of carbonyl (C=O) groups excluding carboxylic acids is 3. The van der Waals surface area contributed by atoms with Gasteiger partial charge < -0.3 is 20.0 Å². The molecule has 3 rings (SSSR count). The van der Waals surface area contributed by atoms with Crippen LogP contribution in [0.15, 0.2) is 58.4 Å². The molecule has 2 amide bonds. The number of carboxylic acid groups (broad SMARTS) is 1. The van der Waals surface area contributed by atoms with Gasteiger partial charge in [-0.15, -0.1) is 0 Å². The number of carbonyl (C=O) groups is 3. The van der Waals surface area contributed by atoms with Gasteiger partial charge in [-0.2, -0.15) is 4.99 Å². The fourth-order valence-electron chi connectivity index (χ4n) is 2.38. The fourth-order valence-corrected chi connectivity index (χ4v) is 3.23. The van der Waals surface area contributed by atoms with E-state index < -0.39 is 11.9 Å². The molecule has 0 radical (unpaired) electrons. The summed E-state index contributed by atoms with van der Waals surface area (Å²) in [5, 5.41) is 13.5. The van der Waals surface area contributed by atoms with E-state index in [1.54, 1.807) is 36.4 Å². The third-order valence-corrected chi connectivity index (χ3v) is 4.59. The van der Waals surface area contributed by atoms with Crippen LogP contribution >= 0.6 is 11.8 Å². The van der Waals surface area contributed by atoms with Crippen LogP contribution in [0.1, 0.15) is 28.4 Å². The molecule has 0 saturated carbocycles. The molecule has 0 bridgehead atoms. The van der Waals surface area contributed by atoms with Crippen LogP contribution in [-0.4, -0.2) is 23.0 Å². The Morgan fingerprint density at radius 1 is 1.18 bits per heavy atom. The largest absolute Gasteiger partial charge is 0.545 e. The Labute approximate surface area is 165 Å². The molecule has 0 aromatic heterocycles. The van der Waals surface area contributed by atoms with E-state index in [-0.39, 0.29) is 23.2 Å². The lowest BCUT2D eigenvalue weighted by Crippen LogP contribution is -2.23. The van der Waals surface area contributed by atoms with Gasteiger partial charge in [-0.25, -0.2) is 0 Å². The highest BCUT2D eigenvalue weighted by molar-refractivity contribution is 8.18.